The molecule has 1 N–H and O–H groups in total. The molecular formula is C10H22N2O. The Morgan fingerprint density at radius 1 is 1.62 bits per heavy atom. The van der Waals surface area contributed by atoms with Crippen LogP contribution in [-0.2, 0) is 4.74 Å². The van der Waals surface area contributed by atoms with E-state index in [1.54, 1.807) is 7.11 Å². The molecule has 3 heteroatoms. The molecular weight excluding hydrogens is 164 g/mol. The number of methoxy groups -OCH3 is 1. The first-order valence-corrected chi connectivity index (χ1v) is 5.24. The van der Waals surface area contributed by atoms with Gasteiger partial charge in [-0.15, -0.1) is 0 Å². The standard InChI is InChI=1S/C10H22N2O/c1-4-10(8-13-3)12-6-5-11-9(2)7-12/h9-11H,4-8H2,1-3H3. The van der Waals surface area contributed by atoms with Crippen LogP contribution in [0.15, 0.2) is 0 Å². The van der Waals surface area contributed by atoms with Gasteiger partial charge in [0, 0.05) is 38.8 Å². The Kier molecular flexibility index (Phi) is 4.70. The summed E-state index contributed by atoms with van der Waals surface area (Å²) >= 11 is 0. The van der Waals surface area contributed by atoms with E-state index in [1.165, 1.54) is 6.42 Å². The monoisotopic (exact) mass is 186 g/mol. The van der Waals surface area contributed by atoms with E-state index in [0.717, 1.165) is 26.2 Å². The number of piperazine rings is 1. The molecule has 0 radical (unpaired) electrons. The average molecular weight is 186 g/mol. The van der Waals surface area contributed by atoms with Crippen LogP contribution in [0.4, 0.5) is 0 Å². The fourth-order valence-corrected chi connectivity index (χ4v) is 1.97. The van der Waals surface area contributed by atoms with Gasteiger partial charge in [-0.3, -0.25) is 4.90 Å². The molecule has 1 aliphatic heterocycles. The zero-order chi connectivity index (χ0) is 9.68. The van der Waals surface area contributed by atoms with Crippen molar-refractivity contribution in [2.75, 3.05) is 33.4 Å². The van der Waals surface area contributed by atoms with Gasteiger partial charge in [-0.05, 0) is 13.3 Å². The lowest BCUT2D eigenvalue weighted by Crippen LogP contribution is -2.53. The molecule has 0 aromatic carbocycles. The highest BCUT2D eigenvalue weighted by molar-refractivity contribution is 4.80. The molecule has 78 valence electrons. The van der Waals surface area contributed by atoms with Crippen molar-refractivity contribution < 1.29 is 4.74 Å². The van der Waals surface area contributed by atoms with E-state index in [1.807, 2.05) is 0 Å². The van der Waals surface area contributed by atoms with Gasteiger partial charge in [-0.2, -0.15) is 0 Å². The van der Waals surface area contributed by atoms with Crippen LogP contribution in [0.25, 0.3) is 0 Å². The molecule has 0 bridgehead atoms. The Morgan fingerprint density at radius 2 is 2.38 bits per heavy atom. The van der Waals surface area contributed by atoms with E-state index >= 15 is 0 Å². The van der Waals surface area contributed by atoms with Crippen molar-refractivity contribution in [2.45, 2.75) is 32.4 Å². The summed E-state index contributed by atoms with van der Waals surface area (Å²) in [6.45, 7) is 8.76. The van der Waals surface area contributed by atoms with Crippen molar-refractivity contribution in [2.24, 2.45) is 0 Å². The van der Waals surface area contributed by atoms with Crippen LogP contribution in [0.1, 0.15) is 20.3 Å². The van der Waals surface area contributed by atoms with Crippen LogP contribution >= 0.6 is 0 Å². The van der Waals surface area contributed by atoms with E-state index in [0.29, 0.717) is 12.1 Å². The molecule has 1 aliphatic rings. The molecule has 0 aliphatic carbocycles. The molecule has 3 nitrogen and oxygen atoms in total. The third kappa shape index (κ3) is 3.25. The molecule has 0 aromatic heterocycles. The Hall–Kier alpha value is -0.120. The summed E-state index contributed by atoms with van der Waals surface area (Å²) in [5.41, 5.74) is 0. The Bertz CT molecular complexity index is 141. The van der Waals surface area contributed by atoms with Gasteiger partial charge in [-0.25, -0.2) is 0 Å². The van der Waals surface area contributed by atoms with E-state index < -0.39 is 0 Å². The summed E-state index contributed by atoms with van der Waals surface area (Å²) < 4.78 is 5.22. The van der Waals surface area contributed by atoms with E-state index in [9.17, 15) is 0 Å². The normalized spacial score (nSPS) is 27.5. The first-order valence-electron chi connectivity index (χ1n) is 5.24. The topological polar surface area (TPSA) is 24.5 Å². The Labute approximate surface area is 81.4 Å². The molecule has 2 unspecified atom stereocenters. The van der Waals surface area contributed by atoms with E-state index in [-0.39, 0.29) is 0 Å². The summed E-state index contributed by atoms with van der Waals surface area (Å²) in [5, 5.41) is 3.45. The summed E-state index contributed by atoms with van der Waals surface area (Å²) in [5.74, 6) is 0. The number of rotatable bonds is 4. The minimum atomic E-state index is 0.606. The predicted octanol–water partition coefficient (Wildman–Crippen LogP) is 0.705. The molecule has 1 saturated heterocycles. The second-order valence-corrected chi connectivity index (χ2v) is 3.87. The van der Waals surface area contributed by atoms with Crippen molar-refractivity contribution in [1.29, 1.82) is 0 Å². The molecule has 0 aromatic rings. The zero-order valence-electron chi connectivity index (χ0n) is 9.05. The third-order valence-corrected chi connectivity index (χ3v) is 2.75. The third-order valence-electron chi connectivity index (χ3n) is 2.75. The Morgan fingerprint density at radius 3 is 2.92 bits per heavy atom. The van der Waals surface area contributed by atoms with Gasteiger partial charge >= 0.3 is 0 Å². The molecule has 0 amide bonds. The fourth-order valence-electron chi connectivity index (χ4n) is 1.97. The average Bonchev–Trinajstić information content (AvgIpc) is 2.14. The summed E-state index contributed by atoms with van der Waals surface area (Å²) in [4.78, 5) is 2.53. The highest BCUT2D eigenvalue weighted by Crippen LogP contribution is 2.08. The molecule has 1 fully saturated rings. The van der Waals surface area contributed by atoms with Crippen LogP contribution in [-0.4, -0.2) is 50.3 Å². The summed E-state index contributed by atoms with van der Waals surface area (Å²) in [6.07, 6.45) is 1.18. The van der Waals surface area contributed by atoms with Crippen LogP contribution in [0, 0.1) is 0 Å². The number of ether oxygens (including phenoxy) is 1. The molecule has 1 heterocycles. The quantitative estimate of drug-likeness (QED) is 0.699. The largest absolute Gasteiger partial charge is 0.383 e. The zero-order valence-corrected chi connectivity index (χ0v) is 9.05. The first-order chi connectivity index (χ1) is 6.27. The maximum atomic E-state index is 5.22. The molecule has 0 saturated carbocycles. The first kappa shape index (κ1) is 11.0. The maximum Gasteiger partial charge on any atom is 0.0617 e. The lowest BCUT2D eigenvalue weighted by Gasteiger charge is -2.37. The van der Waals surface area contributed by atoms with Crippen molar-refractivity contribution in [3.63, 3.8) is 0 Å². The number of hydrogen-bond donors (Lipinski definition) is 1. The lowest BCUT2D eigenvalue weighted by atomic mass is 10.1. The highest BCUT2D eigenvalue weighted by Gasteiger charge is 2.21. The number of nitrogens with zero attached hydrogens (tertiary/aromatic N) is 1. The molecule has 2 atom stereocenters. The molecule has 1 rings (SSSR count). The summed E-state index contributed by atoms with van der Waals surface area (Å²) in [6, 6.07) is 1.23. The number of hydrogen-bond acceptors (Lipinski definition) is 3. The van der Waals surface area contributed by atoms with Gasteiger partial charge < -0.3 is 10.1 Å². The van der Waals surface area contributed by atoms with Gasteiger partial charge in [0.2, 0.25) is 0 Å². The van der Waals surface area contributed by atoms with Crippen molar-refractivity contribution >= 4 is 0 Å². The highest BCUT2D eigenvalue weighted by atomic mass is 16.5. The summed E-state index contributed by atoms with van der Waals surface area (Å²) in [7, 11) is 1.79. The van der Waals surface area contributed by atoms with E-state index in [2.05, 4.69) is 24.1 Å². The van der Waals surface area contributed by atoms with Gasteiger partial charge in [0.15, 0.2) is 0 Å². The van der Waals surface area contributed by atoms with Gasteiger partial charge in [0.1, 0.15) is 0 Å². The number of nitrogens with one attached hydrogen (secondary N) is 1. The van der Waals surface area contributed by atoms with Gasteiger partial charge in [0.25, 0.3) is 0 Å². The van der Waals surface area contributed by atoms with Crippen LogP contribution in [0.2, 0.25) is 0 Å². The van der Waals surface area contributed by atoms with Crippen LogP contribution in [0.3, 0.4) is 0 Å². The van der Waals surface area contributed by atoms with Gasteiger partial charge in [0.05, 0.1) is 6.61 Å². The van der Waals surface area contributed by atoms with Crippen molar-refractivity contribution in [3.8, 4) is 0 Å². The smallest absolute Gasteiger partial charge is 0.0617 e. The van der Waals surface area contributed by atoms with E-state index in [4.69, 9.17) is 4.74 Å². The fraction of sp³-hybridized carbons (Fsp3) is 1.00. The second kappa shape index (κ2) is 5.58. The van der Waals surface area contributed by atoms with Gasteiger partial charge in [-0.1, -0.05) is 6.92 Å². The SMILES string of the molecule is CCC(COC)N1CCNC(C)C1. The molecule has 0 spiro atoms. The Balaban J connectivity index is 2.37. The van der Waals surface area contributed by atoms with Crippen molar-refractivity contribution in [1.82, 2.24) is 10.2 Å². The minimum absolute atomic E-state index is 0.606. The minimum Gasteiger partial charge on any atom is -0.383 e. The van der Waals surface area contributed by atoms with Crippen LogP contribution in [0.5, 0.6) is 0 Å². The molecule has 13 heavy (non-hydrogen) atoms. The lowest BCUT2D eigenvalue weighted by molar-refractivity contribution is 0.0695. The predicted molar refractivity (Wildman–Crippen MR) is 55.0 cm³/mol. The van der Waals surface area contributed by atoms with Crippen LogP contribution < -0.4 is 5.32 Å². The van der Waals surface area contributed by atoms with Crippen molar-refractivity contribution in [3.05, 3.63) is 0 Å². The second-order valence-electron chi connectivity index (χ2n) is 3.87. The maximum absolute atomic E-state index is 5.22.